The van der Waals surface area contributed by atoms with Gasteiger partial charge in [-0.05, 0) is 107 Å². The van der Waals surface area contributed by atoms with Gasteiger partial charge in [-0.1, -0.05) is 149 Å². The maximum atomic E-state index is 8.22. The molecular formula is C84H85N10S5+5. The summed E-state index contributed by atoms with van der Waals surface area (Å²) in [4.78, 5) is 23.4. The van der Waals surface area contributed by atoms with Crippen LogP contribution in [0.1, 0.15) is 88.7 Å². The van der Waals surface area contributed by atoms with Crippen molar-refractivity contribution in [2.45, 2.75) is 88.0 Å². The van der Waals surface area contributed by atoms with E-state index >= 15 is 0 Å². The van der Waals surface area contributed by atoms with Crippen molar-refractivity contribution in [3.63, 3.8) is 0 Å². The second-order valence-corrected chi connectivity index (χ2v) is 31.0. The second kappa shape index (κ2) is 30.3. The number of nitrogens with zero attached hydrogens (tertiary/aromatic N) is 10. The molecule has 0 aliphatic carbocycles. The molecule has 0 unspecified atom stereocenters. The minimum Gasteiger partial charge on any atom is -0.241 e. The third-order valence-corrected chi connectivity index (χ3v) is 23.4. The fourth-order valence-electron chi connectivity index (χ4n) is 12.3. The summed E-state index contributed by atoms with van der Waals surface area (Å²) in [5.41, 5.74) is 25.5. The van der Waals surface area contributed by atoms with Gasteiger partial charge in [-0.2, -0.15) is 22.8 Å². The smallest absolute Gasteiger partial charge is 0.232 e. The summed E-state index contributed by atoms with van der Waals surface area (Å²) in [5, 5.41) is 5.37. The second-order valence-electron chi connectivity index (χ2n) is 25.6. The highest BCUT2D eigenvalue weighted by Gasteiger charge is 2.26. The van der Waals surface area contributed by atoms with E-state index < -0.39 is 5.89 Å². The summed E-state index contributed by atoms with van der Waals surface area (Å²) in [6.45, 7) is 23.1. The number of thiazole rings is 5. The van der Waals surface area contributed by atoms with Crippen LogP contribution in [-0.2, 0) is 35.2 Å². The first-order valence-corrected chi connectivity index (χ1v) is 37.4. The molecule has 0 bridgehead atoms. The standard InChI is InChI=1S/C20H17N2S.2C17H19N2S.2C15H15N2S/c1-14-8-6-7-11-16(14)18-19-17(12-13-22(18)2)21-20(23-19)15-9-4-3-5-10-15;2*1-11(2)17-18-14-9-10-19(4)15(16(14)20-17)13-8-6-5-7-12(13)3;2*1-10-6-4-5-7-12(10)14-15-13(8-9-17(14)3)16-11(2)18-15/h3-13H,1-2H3;2*5-11H,1-4H3;2*4-9H,1-3H3/q5*+1/i;11D;;;. The molecule has 6 aromatic carbocycles. The van der Waals surface area contributed by atoms with Gasteiger partial charge in [0.2, 0.25) is 28.5 Å². The van der Waals surface area contributed by atoms with Crippen molar-refractivity contribution in [1.29, 1.82) is 0 Å². The fourth-order valence-corrected chi connectivity index (χ4v) is 17.8. The lowest BCUT2D eigenvalue weighted by Crippen LogP contribution is -2.30. The van der Waals surface area contributed by atoms with Gasteiger partial charge in [-0.3, -0.25) is 0 Å². The Labute approximate surface area is 603 Å². The van der Waals surface area contributed by atoms with Crippen molar-refractivity contribution in [3.05, 3.63) is 261 Å². The van der Waals surface area contributed by atoms with Crippen LogP contribution in [0.2, 0.25) is 0 Å². The average molecular weight is 1400 g/mol. The zero-order valence-electron chi connectivity index (χ0n) is 60.3. The zero-order chi connectivity index (χ0) is 70.7. The van der Waals surface area contributed by atoms with Crippen LogP contribution in [0.4, 0.5) is 0 Å². The topological polar surface area (TPSA) is 83.8 Å². The molecule has 0 N–H and O–H groups in total. The first kappa shape index (κ1) is 68.1. The van der Waals surface area contributed by atoms with Gasteiger partial charge in [0.05, 0.1) is 75.4 Å². The van der Waals surface area contributed by atoms with E-state index in [0.717, 1.165) is 52.3 Å². The Hall–Kier alpha value is -9.48. The van der Waals surface area contributed by atoms with Crippen molar-refractivity contribution in [1.82, 2.24) is 24.9 Å². The third-order valence-electron chi connectivity index (χ3n) is 17.6. The van der Waals surface area contributed by atoms with Gasteiger partial charge in [-0.15, -0.1) is 56.7 Å². The summed E-state index contributed by atoms with van der Waals surface area (Å²) in [6.07, 6.45) is 10.4. The Bertz CT molecular complexity index is 5510. The molecule has 16 aromatic rings. The largest absolute Gasteiger partial charge is 0.241 e. The minimum atomic E-state index is -0.661. The van der Waals surface area contributed by atoms with Gasteiger partial charge in [0.25, 0.3) is 0 Å². The quantitative estimate of drug-likeness (QED) is 0.142. The van der Waals surface area contributed by atoms with Crippen molar-refractivity contribution in [2.24, 2.45) is 35.2 Å². The number of rotatable bonds is 8. The Morgan fingerprint density at radius 1 is 0.293 bits per heavy atom. The van der Waals surface area contributed by atoms with Crippen LogP contribution in [-0.4, -0.2) is 24.9 Å². The normalized spacial score (nSPS) is 11.5. The molecule has 0 aliphatic rings. The lowest BCUT2D eigenvalue weighted by atomic mass is 10.0. The van der Waals surface area contributed by atoms with Gasteiger partial charge in [-0.25, -0.2) is 24.9 Å². The minimum absolute atomic E-state index is 0.474. The Morgan fingerprint density at radius 2 is 0.556 bits per heavy atom. The summed E-state index contributed by atoms with van der Waals surface area (Å²) in [5.74, 6) is -0.187. The highest BCUT2D eigenvalue weighted by atomic mass is 32.1. The predicted octanol–water partition coefficient (Wildman–Crippen LogP) is 20.0. The van der Waals surface area contributed by atoms with E-state index in [1.165, 1.54) is 113 Å². The summed E-state index contributed by atoms with van der Waals surface area (Å²) >= 11 is 8.74. The van der Waals surface area contributed by atoms with E-state index in [0.29, 0.717) is 5.92 Å². The maximum Gasteiger partial charge on any atom is 0.232 e. The van der Waals surface area contributed by atoms with Crippen molar-refractivity contribution in [2.75, 3.05) is 0 Å². The highest BCUT2D eigenvalue weighted by Crippen LogP contribution is 2.39. The number of pyridine rings is 5. The molecule has 0 spiro atoms. The lowest BCUT2D eigenvalue weighted by molar-refractivity contribution is -0.659. The predicted molar refractivity (Wildman–Crippen MR) is 418 cm³/mol. The van der Waals surface area contributed by atoms with Crippen molar-refractivity contribution in [3.8, 4) is 66.9 Å². The zero-order valence-corrected chi connectivity index (χ0v) is 63.4. The Morgan fingerprint density at radius 3 is 0.869 bits per heavy atom. The third kappa shape index (κ3) is 15.0. The highest BCUT2D eigenvalue weighted by molar-refractivity contribution is 7.22. The maximum absolute atomic E-state index is 8.22. The number of hydrogen-bond donors (Lipinski definition) is 0. The molecule has 0 aliphatic heterocycles. The van der Waals surface area contributed by atoms with E-state index in [4.69, 9.17) is 11.3 Å². The monoisotopic (exact) mass is 1390 g/mol. The molecule has 0 amide bonds. The van der Waals surface area contributed by atoms with Crippen molar-refractivity contribution < 1.29 is 24.2 Å². The molecule has 0 fully saturated rings. The average Bonchev–Trinajstić information content (AvgIpc) is 1.72. The summed E-state index contributed by atoms with van der Waals surface area (Å²) in [7, 11) is 10.5. The molecule has 0 atom stereocenters. The lowest BCUT2D eigenvalue weighted by Gasteiger charge is -2.04. The Balaban J connectivity index is 0.000000119. The van der Waals surface area contributed by atoms with Gasteiger partial charge in [0.15, 0.2) is 31.0 Å². The number of hydrogen-bond acceptors (Lipinski definition) is 10. The van der Waals surface area contributed by atoms with E-state index in [1.807, 2.05) is 43.5 Å². The molecule has 10 aromatic heterocycles. The molecule has 16 rings (SSSR count). The number of fused-ring (bicyclic) bond motifs is 5. The molecule has 99 heavy (non-hydrogen) atoms. The SMILES string of the molecule is Cc1ccccc1-c1c2sc(-c3ccccc3)nc2cc[n+]1C.Cc1ccccc1-c1c2sc(C(C)C)nc2cc[n+]1C.Cc1nc2cc[n+](C)c(-c3ccccc3C)c2s1.Cc1nc2cc[n+](C)c(-c3ccccc3C)c2s1.[2H]C(C)(C)c1nc2cc[n+](C)c(-c3ccccc3C)c2s1. The Kier molecular flexibility index (Phi) is 20.9. The van der Waals surface area contributed by atoms with Crippen LogP contribution in [0.5, 0.6) is 0 Å². The van der Waals surface area contributed by atoms with Gasteiger partial charge in [0.1, 0.15) is 63.7 Å². The molecule has 15 heteroatoms. The molecule has 0 saturated carbocycles. The van der Waals surface area contributed by atoms with Crippen LogP contribution >= 0.6 is 56.7 Å². The van der Waals surface area contributed by atoms with Crippen LogP contribution in [0.3, 0.4) is 0 Å². The molecule has 496 valence electrons. The fraction of sp³-hybridized carbons (Fsp3) is 0.214. The number of benzene rings is 6. The number of aromatic nitrogens is 10. The number of aryl methyl sites for hydroxylation is 12. The molecule has 0 radical (unpaired) electrons. The summed E-state index contributed by atoms with van der Waals surface area (Å²) in [6, 6.07) is 63.3. The van der Waals surface area contributed by atoms with Crippen LogP contribution in [0.25, 0.3) is 118 Å². The van der Waals surface area contributed by atoms with Crippen LogP contribution < -0.4 is 22.8 Å². The van der Waals surface area contributed by atoms with Gasteiger partial charge in [0, 0.05) is 49.1 Å². The molecule has 10 heterocycles. The summed E-state index contributed by atoms with van der Waals surface area (Å²) < 4.78 is 25.3. The molecule has 0 saturated heterocycles. The first-order chi connectivity index (χ1) is 48.0. The van der Waals surface area contributed by atoms with Gasteiger partial charge < -0.3 is 0 Å². The van der Waals surface area contributed by atoms with E-state index in [1.54, 1.807) is 45.3 Å². The van der Waals surface area contributed by atoms with Crippen LogP contribution in [0.15, 0.2) is 213 Å². The van der Waals surface area contributed by atoms with Crippen molar-refractivity contribution >= 4 is 108 Å². The molecular weight excluding hydrogens is 1310 g/mol. The van der Waals surface area contributed by atoms with Gasteiger partial charge >= 0.3 is 0 Å². The molecule has 10 nitrogen and oxygen atoms in total. The van der Waals surface area contributed by atoms with E-state index in [2.05, 4.69) is 330 Å². The first-order valence-electron chi connectivity index (χ1n) is 33.8. The van der Waals surface area contributed by atoms with E-state index in [-0.39, 0.29) is 0 Å². The van der Waals surface area contributed by atoms with Crippen LogP contribution in [0, 0.1) is 48.5 Å². The van der Waals surface area contributed by atoms with E-state index in [9.17, 15) is 0 Å².